The van der Waals surface area contributed by atoms with Crippen molar-refractivity contribution < 1.29 is 27.0 Å². The molecule has 1 aliphatic rings. The van der Waals surface area contributed by atoms with E-state index in [2.05, 4.69) is 43.7 Å². The number of quaternary nitrogens is 1. The van der Waals surface area contributed by atoms with Gasteiger partial charge in [-0.2, -0.15) is 0 Å². The van der Waals surface area contributed by atoms with Crippen molar-refractivity contribution in [2.24, 2.45) is 0 Å². The van der Waals surface area contributed by atoms with Crippen molar-refractivity contribution in [3.63, 3.8) is 0 Å². The van der Waals surface area contributed by atoms with Crippen molar-refractivity contribution in [3.05, 3.63) is 42.1 Å². The predicted octanol–water partition coefficient (Wildman–Crippen LogP) is 4.10. The maximum absolute atomic E-state index is 12.2. The smallest absolute Gasteiger partial charge is 0.226 e. The van der Waals surface area contributed by atoms with Gasteiger partial charge < -0.3 is 9.87 Å². The third kappa shape index (κ3) is 16.4. The molecule has 0 bridgehead atoms. The standard InChI is InChI=1S/C26H41N3O2.CH4O3S/c1-3-4-5-6-7-11-16-25(30)27-19-13-21-29(2,23-28-20-12-17-26(28)31)22-18-24-14-9-8-10-15-24;1-5(2,3)4/h8-10,14-15,18,22H,3-7,11-13,16-17,19-21,23H2,1-2H3;1H3,(H,2,3,4). The maximum Gasteiger partial charge on any atom is 0.226 e. The minimum Gasteiger partial charge on any atom is -0.748 e. The highest BCUT2D eigenvalue weighted by molar-refractivity contribution is 7.84. The number of benzene rings is 1. The highest BCUT2D eigenvalue weighted by Gasteiger charge is 2.28. The summed E-state index contributed by atoms with van der Waals surface area (Å²) in [5.41, 5.74) is 1.16. The summed E-state index contributed by atoms with van der Waals surface area (Å²) in [6, 6.07) is 10.3. The second-order valence-corrected chi connectivity index (χ2v) is 11.2. The zero-order valence-corrected chi connectivity index (χ0v) is 23.1. The molecule has 2 amide bonds. The van der Waals surface area contributed by atoms with Crippen molar-refractivity contribution in [3.8, 4) is 0 Å². The van der Waals surface area contributed by atoms with Crippen LogP contribution in [0.25, 0.3) is 6.08 Å². The van der Waals surface area contributed by atoms with Crippen LogP contribution in [0.5, 0.6) is 0 Å². The Morgan fingerprint density at radius 2 is 1.75 bits per heavy atom. The molecule has 1 atom stereocenters. The lowest BCUT2D eigenvalue weighted by Gasteiger charge is -2.34. The van der Waals surface area contributed by atoms with E-state index in [9.17, 15) is 9.59 Å². The van der Waals surface area contributed by atoms with Gasteiger partial charge in [-0.3, -0.25) is 19.0 Å². The monoisotopic (exact) mass is 523 g/mol. The molecule has 0 saturated carbocycles. The first-order chi connectivity index (χ1) is 17.0. The summed E-state index contributed by atoms with van der Waals surface area (Å²) in [7, 11) is -1.75. The lowest BCUT2D eigenvalue weighted by atomic mass is 10.1. The minimum atomic E-state index is -3.92. The molecule has 204 valence electrons. The van der Waals surface area contributed by atoms with Crippen LogP contribution in [0.15, 0.2) is 36.5 Å². The van der Waals surface area contributed by atoms with Crippen molar-refractivity contribution in [1.82, 2.24) is 10.2 Å². The summed E-state index contributed by atoms with van der Waals surface area (Å²) in [5.74, 6) is 0.420. The predicted molar refractivity (Wildman–Crippen MR) is 144 cm³/mol. The number of carbonyl (C=O) groups excluding carboxylic acids is 2. The molecule has 1 aromatic carbocycles. The second-order valence-electron chi connectivity index (χ2n) is 9.76. The lowest BCUT2D eigenvalue weighted by Crippen LogP contribution is -2.49. The molecule has 36 heavy (non-hydrogen) atoms. The number of rotatable bonds is 15. The van der Waals surface area contributed by atoms with Gasteiger partial charge in [-0.15, -0.1) is 0 Å². The van der Waals surface area contributed by atoms with Crippen LogP contribution in [0.2, 0.25) is 0 Å². The Morgan fingerprint density at radius 3 is 2.36 bits per heavy atom. The first-order valence-electron chi connectivity index (χ1n) is 13.1. The molecule has 0 spiro atoms. The minimum absolute atomic E-state index is 0.166. The summed E-state index contributed by atoms with van der Waals surface area (Å²) < 4.78 is 27.9. The Kier molecular flexibility index (Phi) is 15.3. The number of unbranched alkanes of at least 4 members (excludes halogenated alkanes) is 5. The molecule has 2 rings (SSSR count). The molecular weight excluding hydrogens is 478 g/mol. The van der Waals surface area contributed by atoms with Gasteiger partial charge in [0.05, 0.1) is 29.9 Å². The number of carbonyl (C=O) groups is 2. The molecule has 0 aliphatic carbocycles. The zero-order chi connectivity index (χ0) is 26.9. The van der Waals surface area contributed by atoms with Gasteiger partial charge in [-0.25, -0.2) is 8.42 Å². The van der Waals surface area contributed by atoms with Gasteiger partial charge in [0, 0.05) is 38.6 Å². The fraction of sp³-hybridized carbons (Fsp3) is 0.630. The summed E-state index contributed by atoms with van der Waals surface area (Å²) in [4.78, 5) is 26.2. The van der Waals surface area contributed by atoms with Gasteiger partial charge in [0.1, 0.15) is 0 Å². The fourth-order valence-corrected chi connectivity index (χ4v) is 4.09. The number of nitrogens with zero attached hydrogens (tertiary/aromatic N) is 2. The highest BCUT2D eigenvalue weighted by atomic mass is 32.2. The van der Waals surface area contributed by atoms with E-state index >= 15 is 0 Å². The Hall–Kier alpha value is -2.23. The normalized spacial score (nSPS) is 15.4. The quantitative estimate of drug-likeness (QED) is 0.212. The van der Waals surface area contributed by atoms with Gasteiger partial charge in [0.2, 0.25) is 11.8 Å². The Bertz CT molecular complexity index is 897. The molecule has 1 saturated heterocycles. The maximum atomic E-state index is 12.2. The molecule has 0 radical (unpaired) electrons. The fourth-order valence-electron chi connectivity index (χ4n) is 4.09. The van der Waals surface area contributed by atoms with Crippen molar-refractivity contribution in [2.45, 2.75) is 71.1 Å². The number of nitrogens with one attached hydrogen (secondary N) is 1. The molecule has 1 fully saturated rings. The van der Waals surface area contributed by atoms with Crippen LogP contribution in [0.1, 0.15) is 76.7 Å². The van der Waals surface area contributed by atoms with E-state index in [0.717, 1.165) is 44.3 Å². The molecular formula is C27H45N3O5S. The molecule has 8 nitrogen and oxygen atoms in total. The van der Waals surface area contributed by atoms with Crippen molar-refractivity contribution in [1.29, 1.82) is 0 Å². The van der Waals surface area contributed by atoms with Crippen LogP contribution in [0.3, 0.4) is 0 Å². The molecule has 1 N–H and O–H groups in total. The van der Waals surface area contributed by atoms with Gasteiger partial charge >= 0.3 is 0 Å². The van der Waals surface area contributed by atoms with E-state index < -0.39 is 10.1 Å². The molecule has 1 heterocycles. The van der Waals surface area contributed by atoms with E-state index in [0.29, 0.717) is 36.8 Å². The van der Waals surface area contributed by atoms with E-state index in [1.54, 1.807) is 0 Å². The van der Waals surface area contributed by atoms with Crippen LogP contribution in [-0.2, 0) is 19.7 Å². The van der Waals surface area contributed by atoms with Crippen LogP contribution in [0, 0.1) is 0 Å². The van der Waals surface area contributed by atoms with E-state index in [4.69, 9.17) is 13.0 Å². The third-order valence-corrected chi connectivity index (χ3v) is 6.02. The Labute approximate surface area is 218 Å². The Morgan fingerprint density at radius 1 is 1.11 bits per heavy atom. The largest absolute Gasteiger partial charge is 0.748 e. The van der Waals surface area contributed by atoms with Crippen LogP contribution >= 0.6 is 0 Å². The van der Waals surface area contributed by atoms with Crippen LogP contribution in [-0.4, -0.2) is 73.8 Å². The Balaban J connectivity index is 0.00000118. The molecule has 9 heteroatoms. The summed E-state index contributed by atoms with van der Waals surface area (Å²) in [6.45, 7) is 5.33. The average molecular weight is 524 g/mol. The van der Waals surface area contributed by atoms with E-state index in [-0.39, 0.29) is 11.8 Å². The van der Waals surface area contributed by atoms with E-state index in [1.807, 2.05) is 23.1 Å². The SMILES string of the molecule is CCCCCCCCC(=O)NCCC[N+](C)(C=Cc1ccccc1)CN1CCCC1=O.CS(=O)(=O)[O-]. The van der Waals surface area contributed by atoms with E-state index in [1.165, 1.54) is 25.7 Å². The molecule has 0 aromatic heterocycles. The number of likely N-dealkylation sites (tertiary alicyclic amines) is 1. The van der Waals surface area contributed by atoms with Gasteiger partial charge in [-0.1, -0.05) is 69.4 Å². The lowest BCUT2D eigenvalue weighted by molar-refractivity contribution is -0.868. The average Bonchev–Trinajstić information content (AvgIpc) is 3.21. The number of amides is 2. The topological polar surface area (TPSA) is 107 Å². The third-order valence-electron chi connectivity index (χ3n) is 6.02. The summed E-state index contributed by atoms with van der Waals surface area (Å²) in [6.07, 6.45) is 15.3. The second kappa shape index (κ2) is 17.3. The van der Waals surface area contributed by atoms with Gasteiger partial charge in [0.25, 0.3) is 0 Å². The molecule has 1 aliphatic heterocycles. The first kappa shape index (κ1) is 31.8. The van der Waals surface area contributed by atoms with Gasteiger partial charge in [-0.05, 0) is 24.5 Å². The highest BCUT2D eigenvalue weighted by Crippen LogP contribution is 2.17. The molecule has 1 aromatic rings. The number of hydrogen-bond acceptors (Lipinski definition) is 5. The zero-order valence-electron chi connectivity index (χ0n) is 22.3. The number of hydrogen-bond donors (Lipinski definition) is 1. The first-order valence-corrected chi connectivity index (χ1v) is 14.9. The summed E-state index contributed by atoms with van der Waals surface area (Å²) in [5, 5.41) is 3.08. The van der Waals surface area contributed by atoms with Crippen molar-refractivity contribution in [2.75, 3.05) is 39.6 Å². The van der Waals surface area contributed by atoms with Crippen molar-refractivity contribution >= 4 is 28.0 Å². The van der Waals surface area contributed by atoms with Gasteiger partial charge in [0.15, 0.2) is 6.67 Å². The van der Waals surface area contributed by atoms with Crippen LogP contribution in [0.4, 0.5) is 0 Å². The van der Waals surface area contributed by atoms with Crippen LogP contribution < -0.4 is 5.32 Å². The summed E-state index contributed by atoms with van der Waals surface area (Å²) >= 11 is 0. The molecule has 1 unspecified atom stereocenters.